The van der Waals surface area contributed by atoms with E-state index < -0.39 is 5.79 Å². The molecule has 0 bridgehead atoms. The molecule has 1 aliphatic heterocycles. The third-order valence-corrected chi connectivity index (χ3v) is 6.09. The second-order valence-electron chi connectivity index (χ2n) is 8.13. The number of hydrogen-bond acceptors (Lipinski definition) is 6. The van der Waals surface area contributed by atoms with Crippen LogP contribution >= 0.6 is 23.2 Å². The summed E-state index contributed by atoms with van der Waals surface area (Å²) in [7, 11) is 1.77. The summed E-state index contributed by atoms with van der Waals surface area (Å²) in [5, 5.41) is 9.19. The largest absolute Gasteiger partial charge is 0.491 e. The molecule has 35 heavy (non-hydrogen) atoms. The van der Waals surface area contributed by atoms with Crippen LogP contribution in [0.3, 0.4) is 0 Å². The Hall–Kier alpha value is -3.10. The van der Waals surface area contributed by atoms with Crippen molar-refractivity contribution in [2.24, 2.45) is 7.05 Å². The third kappa shape index (κ3) is 5.28. The highest BCUT2D eigenvalue weighted by Crippen LogP contribution is 2.43. The average Bonchev–Trinajstić information content (AvgIpc) is 3.50. The molecule has 2 unspecified atom stereocenters. The maximum absolute atomic E-state index is 6.51. The van der Waals surface area contributed by atoms with Crippen LogP contribution in [0.1, 0.15) is 16.8 Å². The Morgan fingerprint density at radius 3 is 2.43 bits per heavy atom. The molecule has 2 atom stereocenters. The standard InChI is InChI=1S/C26H23Cl2N3O4/c1-31-14-25(29-30-31)26(23-12-7-19(27)13-24(23)28)34-17-22(35-26)16-33-21-10-8-20(9-11-21)32-15-18-5-3-2-4-6-18/h2-14,22H,15-17H2,1H3. The predicted octanol–water partition coefficient (Wildman–Crippen LogP) is 5.40. The first-order chi connectivity index (χ1) is 17.0. The van der Waals surface area contributed by atoms with Gasteiger partial charge in [-0.2, -0.15) is 0 Å². The van der Waals surface area contributed by atoms with Gasteiger partial charge in [-0.05, 0) is 42.0 Å². The van der Waals surface area contributed by atoms with E-state index in [-0.39, 0.29) is 19.3 Å². The van der Waals surface area contributed by atoms with Crippen LogP contribution in [0.2, 0.25) is 10.0 Å². The van der Waals surface area contributed by atoms with Crippen molar-refractivity contribution < 1.29 is 18.9 Å². The summed E-state index contributed by atoms with van der Waals surface area (Å²) >= 11 is 12.6. The first-order valence-corrected chi connectivity index (χ1v) is 11.8. The highest BCUT2D eigenvalue weighted by Gasteiger charge is 2.48. The van der Waals surface area contributed by atoms with E-state index >= 15 is 0 Å². The maximum Gasteiger partial charge on any atom is 0.245 e. The van der Waals surface area contributed by atoms with Crippen molar-refractivity contribution in [1.82, 2.24) is 15.0 Å². The minimum Gasteiger partial charge on any atom is -0.491 e. The zero-order valence-corrected chi connectivity index (χ0v) is 20.4. The van der Waals surface area contributed by atoms with Gasteiger partial charge < -0.3 is 18.9 Å². The fraction of sp³-hybridized carbons (Fsp3) is 0.231. The lowest BCUT2D eigenvalue weighted by Crippen LogP contribution is -2.32. The van der Waals surface area contributed by atoms with Gasteiger partial charge in [0, 0.05) is 17.6 Å². The fourth-order valence-corrected chi connectivity index (χ4v) is 4.36. The molecule has 0 saturated carbocycles. The van der Waals surface area contributed by atoms with Crippen LogP contribution in [0, 0.1) is 0 Å². The minimum atomic E-state index is -1.31. The monoisotopic (exact) mass is 511 g/mol. The van der Waals surface area contributed by atoms with Crippen molar-refractivity contribution in [3.8, 4) is 11.5 Å². The second kappa shape index (κ2) is 10.3. The Labute approximate surface area is 213 Å². The fourth-order valence-electron chi connectivity index (χ4n) is 3.83. The molecule has 9 heteroatoms. The normalized spacial score (nSPS) is 19.6. The van der Waals surface area contributed by atoms with E-state index in [2.05, 4.69) is 10.3 Å². The van der Waals surface area contributed by atoms with Gasteiger partial charge in [0.25, 0.3) is 0 Å². The van der Waals surface area contributed by atoms with Gasteiger partial charge in [0.2, 0.25) is 5.79 Å². The maximum atomic E-state index is 6.51. The SMILES string of the molecule is Cn1cc(C2(c3ccc(Cl)cc3Cl)OCC(COc3ccc(OCc4ccccc4)cc3)O2)nn1. The molecule has 1 aliphatic rings. The smallest absolute Gasteiger partial charge is 0.245 e. The van der Waals surface area contributed by atoms with Crippen LogP contribution in [0.4, 0.5) is 0 Å². The third-order valence-electron chi connectivity index (χ3n) is 5.54. The Morgan fingerprint density at radius 1 is 1.00 bits per heavy atom. The van der Waals surface area contributed by atoms with Gasteiger partial charge in [-0.15, -0.1) is 5.10 Å². The molecule has 2 heterocycles. The molecule has 1 aromatic heterocycles. The van der Waals surface area contributed by atoms with Crippen LogP contribution < -0.4 is 9.47 Å². The lowest BCUT2D eigenvalue weighted by molar-refractivity contribution is -0.148. The minimum absolute atomic E-state index is 0.275. The van der Waals surface area contributed by atoms with E-state index in [1.54, 1.807) is 36.1 Å². The van der Waals surface area contributed by atoms with E-state index in [1.165, 1.54) is 0 Å². The summed E-state index contributed by atoms with van der Waals surface area (Å²) in [5.41, 5.74) is 2.21. The first kappa shape index (κ1) is 23.6. The Kier molecular flexibility index (Phi) is 6.92. The summed E-state index contributed by atoms with van der Waals surface area (Å²) in [6.45, 7) is 1.07. The van der Waals surface area contributed by atoms with E-state index in [4.69, 9.17) is 42.1 Å². The highest BCUT2D eigenvalue weighted by molar-refractivity contribution is 6.35. The van der Waals surface area contributed by atoms with Gasteiger partial charge in [-0.25, -0.2) is 0 Å². The van der Waals surface area contributed by atoms with Crippen molar-refractivity contribution in [3.05, 3.63) is 106 Å². The van der Waals surface area contributed by atoms with E-state index in [1.807, 2.05) is 54.6 Å². The summed E-state index contributed by atoms with van der Waals surface area (Å²) in [5.74, 6) is 0.155. The van der Waals surface area contributed by atoms with Gasteiger partial charge >= 0.3 is 0 Å². The van der Waals surface area contributed by atoms with Crippen LogP contribution in [-0.4, -0.2) is 34.3 Å². The lowest BCUT2D eigenvalue weighted by atomic mass is 10.0. The quantitative estimate of drug-likeness (QED) is 0.315. The van der Waals surface area contributed by atoms with E-state index in [9.17, 15) is 0 Å². The summed E-state index contributed by atoms with van der Waals surface area (Å²) in [6, 6.07) is 22.7. The molecule has 0 amide bonds. The van der Waals surface area contributed by atoms with Gasteiger partial charge in [0.05, 0.1) is 17.8 Å². The molecule has 1 fully saturated rings. The zero-order valence-electron chi connectivity index (χ0n) is 18.9. The van der Waals surface area contributed by atoms with Gasteiger partial charge in [-0.3, -0.25) is 4.68 Å². The molecule has 1 saturated heterocycles. The summed E-state index contributed by atoms with van der Waals surface area (Å²) in [6.07, 6.45) is 1.38. The molecule has 3 aromatic carbocycles. The van der Waals surface area contributed by atoms with Crippen LogP contribution in [0.25, 0.3) is 0 Å². The zero-order chi connectivity index (χ0) is 24.3. The molecule has 0 N–H and O–H groups in total. The topological polar surface area (TPSA) is 67.6 Å². The number of hydrogen-bond donors (Lipinski definition) is 0. The van der Waals surface area contributed by atoms with Crippen LogP contribution in [0.15, 0.2) is 79.0 Å². The number of aromatic nitrogens is 3. The van der Waals surface area contributed by atoms with Crippen molar-refractivity contribution in [3.63, 3.8) is 0 Å². The summed E-state index contributed by atoms with van der Waals surface area (Å²) in [4.78, 5) is 0. The molecular formula is C26H23Cl2N3O4. The number of aryl methyl sites for hydroxylation is 1. The van der Waals surface area contributed by atoms with Gasteiger partial charge in [0.15, 0.2) is 0 Å². The van der Waals surface area contributed by atoms with Crippen LogP contribution in [-0.2, 0) is 28.9 Å². The number of nitrogens with zero attached hydrogens (tertiary/aromatic N) is 3. The lowest BCUT2D eigenvalue weighted by Gasteiger charge is -2.27. The second-order valence-corrected chi connectivity index (χ2v) is 8.97. The number of ether oxygens (including phenoxy) is 4. The van der Waals surface area contributed by atoms with E-state index in [0.717, 1.165) is 11.3 Å². The van der Waals surface area contributed by atoms with Gasteiger partial charge in [0.1, 0.15) is 36.5 Å². The van der Waals surface area contributed by atoms with Crippen LogP contribution in [0.5, 0.6) is 11.5 Å². The Balaban J connectivity index is 1.24. The molecule has 7 nitrogen and oxygen atoms in total. The molecule has 0 spiro atoms. The molecule has 4 aromatic rings. The molecule has 0 radical (unpaired) electrons. The number of rotatable bonds is 8. The average molecular weight is 512 g/mol. The van der Waals surface area contributed by atoms with Gasteiger partial charge in [-0.1, -0.05) is 64.8 Å². The Bertz CT molecular complexity index is 1280. The van der Waals surface area contributed by atoms with Crippen molar-refractivity contribution >= 4 is 23.2 Å². The van der Waals surface area contributed by atoms with Crippen molar-refractivity contribution in [2.75, 3.05) is 13.2 Å². The van der Waals surface area contributed by atoms with Crippen molar-refractivity contribution in [1.29, 1.82) is 0 Å². The Morgan fingerprint density at radius 2 is 1.74 bits per heavy atom. The summed E-state index contributed by atoms with van der Waals surface area (Å²) < 4.78 is 25.9. The number of benzene rings is 3. The number of halogens is 2. The molecule has 180 valence electrons. The molecular weight excluding hydrogens is 489 g/mol. The molecule has 5 rings (SSSR count). The first-order valence-electron chi connectivity index (χ1n) is 11.1. The molecule has 0 aliphatic carbocycles. The highest BCUT2D eigenvalue weighted by atomic mass is 35.5. The van der Waals surface area contributed by atoms with E-state index in [0.29, 0.717) is 33.7 Å². The van der Waals surface area contributed by atoms with Crippen molar-refractivity contribution in [2.45, 2.75) is 18.5 Å². The predicted molar refractivity (Wildman–Crippen MR) is 132 cm³/mol.